The Morgan fingerprint density at radius 2 is 1.58 bits per heavy atom. The van der Waals surface area contributed by atoms with Crippen LogP contribution in [-0.2, 0) is 25.6 Å². The fourth-order valence-corrected chi connectivity index (χ4v) is 5.35. The number of benzene rings is 1. The number of hydrogen-bond donors (Lipinski definition) is 2. The maximum absolute atomic E-state index is 13.3. The molecule has 43 heavy (non-hydrogen) atoms. The Bertz CT molecular complexity index is 1030. The van der Waals surface area contributed by atoms with Crippen molar-refractivity contribution in [2.24, 2.45) is 11.7 Å². The fraction of sp³-hybridized carbons (Fsp3) is 0.643. The number of thioether (sulfide) groups is 1. The predicted molar refractivity (Wildman–Crippen MR) is 150 cm³/mol. The molecule has 0 bridgehead atoms. The molecular formula is C28H39F6N3O5S. The minimum absolute atomic E-state index is 0.144. The molecule has 0 aliphatic carbocycles. The van der Waals surface area contributed by atoms with Crippen LogP contribution in [0.25, 0.3) is 0 Å². The smallest absolute Gasteiger partial charge is 0.475 e. The van der Waals surface area contributed by atoms with Crippen LogP contribution >= 0.6 is 11.8 Å². The number of amides is 2. The molecule has 1 aromatic rings. The van der Waals surface area contributed by atoms with Gasteiger partial charge < -0.3 is 20.6 Å². The number of carbonyl (C=O) groups excluding carboxylic acids is 3. The summed E-state index contributed by atoms with van der Waals surface area (Å²) in [5.74, 6) is -5.29. The first-order chi connectivity index (χ1) is 19.9. The molecule has 3 N–H and O–H groups in total. The van der Waals surface area contributed by atoms with Crippen molar-refractivity contribution in [3.8, 4) is 0 Å². The second kappa shape index (κ2) is 18.1. The molecule has 1 fully saturated rings. The van der Waals surface area contributed by atoms with Crippen LogP contribution in [0.1, 0.15) is 51.5 Å². The van der Waals surface area contributed by atoms with Crippen molar-refractivity contribution in [1.29, 1.82) is 0 Å². The zero-order valence-corrected chi connectivity index (χ0v) is 24.9. The molecule has 1 aromatic carbocycles. The van der Waals surface area contributed by atoms with E-state index in [1.165, 1.54) is 0 Å². The van der Waals surface area contributed by atoms with Crippen LogP contribution in [0.2, 0.25) is 0 Å². The highest BCUT2D eigenvalue weighted by Crippen LogP contribution is 2.24. The zero-order valence-electron chi connectivity index (χ0n) is 24.1. The van der Waals surface area contributed by atoms with Gasteiger partial charge in [0, 0.05) is 12.6 Å². The van der Waals surface area contributed by atoms with Gasteiger partial charge in [0.05, 0.1) is 12.2 Å². The van der Waals surface area contributed by atoms with Gasteiger partial charge in [-0.15, -0.1) is 0 Å². The van der Waals surface area contributed by atoms with Crippen molar-refractivity contribution in [3.63, 3.8) is 0 Å². The Hall–Kier alpha value is -2.81. The molecule has 244 valence electrons. The zero-order chi connectivity index (χ0) is 32.8. The van der Waals surface area contributed by atoms with E-state index in [4.69, 9.17) is 15.6 Å². The van der Waals surface area contributed by atoms with Crippen LogP contribution < -0.4 is 5.73 Å². The van der Waals surface area contributed by atoms with Gasteiger partial charge in [0.15, 0.2) is 0 Å². The lowest BCUT2D eigenvalue weighted by molar-refractivity contribution is -0.192. The lowest BCUT2D eigenvalue weighted by Gasteiger charge is -2.36. The largest absolute Gasteiger partial charge is 0.490 e. The van der Waals surface area contributed by atoms with Gasteiger partial charge in [-0.1, -0.05) is 30.3 Å². The summed E-state index contributed by atoms with van der Waals surface area (Å²) in [7, 11) is 0. The van der Waals surface area contributed by atoms with E-state index < -0.39 is 41.8 Å². The van der Waals surface area contributed by atoms with Crippen molar-refractivity contribution in [2.75, 3.05) is 31.1 Å². The number of likely N-dealkylation sites (tertiary alicyclic amines) is 1. The molecule has 1 aliphatic heterocycles. The lowest BCUT2D eigenvalue weighted by atomic mass is 9.92. The third-order valence-electron chi connectivity index (χ3n) is 6.94. The van der Waals surface area contributed by atoms with Gasteiger partial charge >= 0.3 is 18.3 Å². The van der Waals surface area contributed by atoms with E-state index in [-0.39, 0.29) is 24.5 Å². The van der Waals surface area contributed by atoms with Crippen molar-refractivity contribution in [3.05, 3.63) is 35.9 Å². The van der Waals surface area contributed by atoms with Crippen LogP contribution in [0.3, 0.4) is 0 Å². The third kappa shape index (κ3) is 15.0. The molecule has 2 rings (SSSR count). The number of carbonyl (C=O) groups is 4. The van der Waals surface area contributed by atoms with E-state index in [1.807, 2.05) is 30.3 Å². The highest BCUT2D eigenvalue weighted by molar-refractivity contribution is 7.99. The minimum atomic E-state index is -5.08. The van der Waals surface area contributed by atoms with Crippen molar-refractivity contribution in [2.45, 2.75) is 76.8 Å². The van der Waals surface area contributed by atoms with Gasteiger partial charge in [-0.3, -0.25) is 14.4 Å². The molecule has 8 nitrogen and oxygen atoms in total. The molecule has 1 atom stereocenters. The standard InChI is InChI=1S/C26H38F3N3O3S.C2HF3O2/c1-19(2)31-13-10-20(11-14-31)12-15-32(24(34)17-21-7-4-3-5-8-21)22(25(30)35)9-6-16-36-18-23(33)26(27,28)29;3-2(4,5)1(6)7/h3-5,7-8,19-20,22H,6,9-18H2,1-2H3,(H2,30,35);(H,6,7)/t22-;/m0./s1. The molecule has 2 amide bonds. The van der Waals surface area contributed by atoms with Gasteiger partial charge in [0.1, 0.15) is 6.04 Å². The third-order valence-corrected chi connectivity index (χ3v) is 7.98. The molecule has 0 spiro atoms. The first-order valence-corrected chi connectivity index (χ1v) is 14.9. The highest BCUT2D eigenvalue weighted by atomic mass is 32.2. The molecule has 1 heterocycles. The SMILES string of the molecule is CC(C)N1CCC(CCN(C(=O)Cc2ccccc2)[C@@H](CCCSCC(=O)C(F)(F)F)C(N)=O)CC1.O=C(O)C(F)(F)F. The topological polar surface area (TPSA) is 121 Å². The predicted octanol–water partition coefficient (Wildman–Crippen LogP) is 4.70. The Balaban J connectivity index is 0.00000117. The highest BCUT2D eigenvalue weighted by Gasteiger charge is 2.38. The average molecular weight is 644 g/mol. The summed E-state index contributed by atoms with van der Waals surface area (Å²) in [6.45, 7) is 6.78. The summed E-state index contributed by atoms with van der Waals surface area (Å²) >= 11 is 0.873. The molecule has 0 unspecified atom stereocenters. The van der Waals surface area contributed by atoms with E-state index in [9.17, 15) is 40.7 Å². The second-order valence-electron chi connectivity index (χ2n) is 10.4. The average Bonchev–Trinajstić information content (AvgIpc) is 2.91. The van der Waals surface area contributed by atoms with Crippen LogP contribution in [0.4, 0.5) is 26.3 Å². The van der Waals surface area contributed by atoms with Gasteiger partial charge in [0.2, 0.25) is 17.6 Å². The summed E-state index contributed by atoms with van der Waals surface area (Å²) in [5, 5.41) is 7.12. The van der Waals surface area contributed by atoms with E-state index in [0.29, 0.717) is 24.9 Å². The quantitative estimate of drug-likeness (QED) is 0.223. The summed E-state index contributed by atoms with van der Waals surface area (Å²) in [6.07, 6.45) is -6.33. The molecular weight excluding hydrogens is 604 g/mol. The van der Waals surface area contributed by atoms with E-state index in [2.05, 4.69) is 18.7 Å². The molecule has 0 radical (unpaired) electrons. The number of hydrogen-bond acceptors (Lipinski definition) is 6. The van der Waals surface area contributed by atoms with Gasteiger partial charge in [-0.25, -0.2) is 4.79 Å². The molecule has 0 aromatic heterocycles. The van der Waals surface area contributed by atoms with Crippen molar-refractivity contribution < 1.29 is 50.6 Å². The Labute approximate surface area is 251 Å². The monoisotopic (exact) mass is 643 g/mol. The molecule has 1 saturated heterocycles. The number of alkyl halides is 6. The number of carboxylic acid groups (broad SMARTS) is 1. The molecule has 0 saturated carbocycles. The number of primary amides is 1. The van der Waals surface area contributed by atoms with Gasteiger partial charge in [-0.2, -0.15) is 38.1 Å². The minimum Gasteiger partial charge on any atom is -0.475 e. The first kappa shape index (κ1) is 38.2. The number of rotatable bonds is 14. The summed E-state index contributed by atoms with van der Waals surface area (Å²) in [4.78, 5) is 49.6. The van der Waals surface area contributed by atoms with Crippen LogP contribution in [0, 0.1) is 5.92 Å². The number of nitrogens with two attached hydrogens (primary N) is 1. The lowest BCUT2D eigenvalue weighted by Crippen LogP contribution is -2.49. The number of ketones is 1. The number of halogens is 6. The maximum Gasteiger partial charge on any atom is 0.490 e. The van der Waals surface area contributed by atoms with Gasteiger partial charge in [-0.05, 0) is 76.3 Å². The Morgan fingerprint density at radius 3 is 2.05 bits per heavy atom. The summed E-state index contributed by atoms with van der Waals surface area (Å²) in [6, 6.07) is 8.93. The molecule has 15 heteroatoms. The number of piperidine rings is 1. The number of nitrogens with zero attached hydrogens (tertiary/aromatic N) is 2. The van der Waals surface area contributed by atoms with Gasteiger partial charge in [0.25, 0.3) is 0 Å². The fourth-order valence-electron chi connectivity index (χ4n) is 4.48. The maximum atomic E-state index is 13.3. The second-order valence-corrected chi connectivity index (χ2v) is 11.6. The molecule has 1 aliphatic rings. The first-order valence-electron chi connectivity index (χ1n) is 13.8. The normalized spacial score (nSPS) is 15.4. The Morgan fingerprint density at radius 1 is 1.02 bits per heavy atom. The Kier molecular flexibility index (Phi) is 16.1. The summed E-state index contributed by atoms with van der Waals surface area (Å²) in [5.41, 5.74) is 6.54. The van der Waals surface area contributed by atoms with Crippen molar-refractivity contribution >= 4 is 35.3 Å². The van der Waals surface area contributed by atoms with Crippen LogP contribution in [0.15, 0.2) is 30.3 Å². The summed E-state index contributed by atoms with van der Waals surface area (Å²) < 4.78 is 68.9. The van der Waals surface area contributed by atoms with E-state index in [0.717, 1.165) is 49.7 Å². The van der Waals surface area contributed by atoms with E-state index in [1.54, 1.807) is 4.90 Å². The van der Waals surface area contributed by atoms with Crippen molar-refractivity contribution in [1.82, 2.24) is 9.80 Å². The number of carboxylic acids is 1. The number of aliphatic carboxylic acids is 1. The number of Topliss-reactive ketones (excluding diaryl/α,β-unsaturated/α-hetero) is 1. The van der Waals surface area contributed by atoms with Crippen LogP contribution in [0.5, 0.6) is 0 Å². The van der Waals surface area contributed by atoms with Crippen LogP contribution in [-0.4, -0.2) is 94.0 Å². The van der Waals surface area contributed by atoms with E-state index >= 15 is 0 Å².